The summed E-state index contributed by atoms with van der Waals surface area (Å²) in [4.78, 5) is 52.1. The molecule has 0 spiro atoms. The van der Waals surface area contributed by atoms with Gasteiger partial charge in [-0.15, -0.1) is 0 Å². The highest BCUT2D eigenvalue weighted by atomic mass is 16.2. The standard InChI is InChI=1S/C25H44N4O4.C13H25N.CH4/c1-9-11-15(3)12-19(16(4)22(26)31)28-23(32)20-13-18(10-2)14-29(20)24(33)21(25(6,7)8)27-17(5)30;1-10(2)11(3)5-6-12(4)14-9-13-7-8-13;/h15,18-21H,4,9-14H2,1-3,5-8H3,(H2,26,31)(H,27,30)(H,28,32);10-11,13-14H,4-9H2,1-3H3;1H4/t15?,18-,19?,20?,21?;;/m1../s1. The van der Waals surface area contributed by atoms with Gasteiger partial charge in [0.25, 0.3) is 0 Å². The monoisotopic (exact) mass is 676 g/mol. The fourth-order valence-corrected chi connectivity index (χ4v) is 5.90. The molecule has 1 aliphatic heterocycles. The van der Waals surface area contributed by atoms with Crippen molar-refractivity contribution in [1.29, 1.82) is 0 Å². The molecular formula is C39H73N5O4. The van der Waals surface area contributed by atoms with E-state index in [9.17, 15) is 19.2 Å². The van der Waals surface area contributed by atoms with E-state index < -0.39 is 29.4 Å². The zero-order chi connectivity index (χ0) is 36.1. The van der Waals surface area contributed by atoms with Crippen LogP contribution in [-0.2, 0) is 19.2 Å². The third-order valence-corrected chi connectivity index (χ3v) is 9.86. The molecule has 2 fully saturated rings. The van der Waals surface area contributed by atoms with E-state index in [-0.39, 0.29) is 42.6 Å². The largest absolute Gasteiger partial charge is 0.389 e. The first-order valence-corrected chi connectivity index (χ1v) is 18.1. The Labute approximate surface area is 294 Å². The Morgan fingerprint density at radius 3 is 2.02 bits per heavy atom. The normalized spacial score (nSPS) is 19.9. The van der Waals surface area contributed by atoms with Crippen LogP contribution in [0.2, 0.25) is 0 Å². The Morgan fingerprint density at radius 2 is 1.56 bits per heavy atom. The van der Waals surface area contributed by atoms with Crippen molar-refractivity contribution in [2.24, 2.45) is 40.7 Å². The number of allylic oxidation sites excluding steroid dienone is 1. The van der Waals surface area contributed by atoms with Crippen LogP contribution in [0.3, 0.4) is 0 Å². The molecule has 0 aromatic heterocycles. The summed E-state index contributed by atoms with van der Waals surface area (Å²) in [5.41, 5.74) is 6.36. The van der Waals surface area contributed by atoms with Crippen LogP contribution in [0.15, 0.2) is 24.4 Å². The van der Waals surface area contributed by atoms with Gasteiger partial charge < -0.3 is 26.6 Å². The number of nitrogens with one attached hydrogen (secondary N) is 3. The van der Waals surface area contributed by atoms with Crippen LogP contribution in [0.4, 0.5) is 0 Å². The first-order valence-electron chi connectivity index (χ1n) is 18.1. The molecule has 1 saturated heterocycles. The molecule has 5 unspecified atom stereocenters. The molecule has 2 rings (SSSR count). The van der Waals surface area contributed by atoms with Crippen molar-refractivity contribution in [2.45, 2.75) is 153 Å². The topological polar surface area (TPSA) is 134 Å². The second-order valence-corrected chi connectivity index (χ2v) is 15.8. The Morgan fingerprint density at radius 1 is 0.958 bits per heavy atom. The minimum Gasteiger partial charge on any atom is -0.389 e. The second kappa shape index (κ2) is 21.3. The number of carbonyl (C=O) groups is 4. The van der Waals surface area contributed by atoms with E-state index in [0.29, 0.717) is 19.4 Å². The Balaban J connectivity index is 0.00000123. The molecule has 0 radical (unpaired) electrons. The number of likely N-dealkylation sites (tertiary alicyclic amines) is 1. The van der Waals surface area contributed by atoms with Gasteiger partial charge >= 0.3 is 0 Å². The SMILES string of the molecule is C.C=C(C(N)=O)C(CC(C)CCC)NC(=O)C1C[C@@H](CC)CN1C(=O)C(NC(C)=O)C(C)(C)C.C=C(CCC(C)C(C)C)NCC1CC1. The quantitative estimate of drug-likeness (QED) is 0.120. The highest BCUT2D eigenvalue weighted by Crippen LogP contribution is 2.31. The van der Waals surface area contributed by atoms with Gasteiger partial charge in [0.1, 0.15) is 12.1 Å². The van der Waals surface area contributed by atoms with Crippen LogP contribution in [0.5, 0.6) is 0 Å². The second-order valence-electron chi connectivity index (χ2n) is 15.8. The first-order chi connectivity index (χ1) is 21.8. The van der Waals surface area contributed by atoms with Crippen molar-refractivity contribution >= 4 is 23.6 Å². The van der Waals surface area contributed by atoms with Gasteiger partial charge in [0.05, 0.1) is 6.04 Å². The molecule has 9 nitrogen and oxygen atoms in total. The van der Waals surface area contributed by atoms with Crippen LogP contribution in [0.1, 0.15) is 134 Å². The van der Waals surface area contributed by atoms with Crippen molar-refractivity contribution in [2.75, 3.05) is 13.1 Å². The Hall–Kier alpha value is -2.84. The molecule has 2 aliphatic rings. The average Bonchev–Trinajstić information content (AvgIpc) is 3.71. The number of hydrogen-bond acceptors (Lipinski definition) is 5. The van der Waals surface area contributed by atoms with Crippen molar-refractivity contribution in [3.05, 3.63) is 24.4 Å². The predicted octanol–water partition coefficient (Wildman–Crippen LogP) is 6.73. The highest BCUT2D eigenvalue weighted by molar-refractivity contribution is 5.95. The minimum atomic E-state index is -0.748. The number of nitrogens with two attached hydrogens (primary N) is 1. The summed E-state index contributed by atoms with van der Waals surface area (Å²) in [6, 6.07) is -2.00. The molecule has 278 valence electrons. The van der Waals surface area contributed by atoms with Crippen LogP contribution in [-0.4, -0.2) is 59.7 Å². The lowest BCUT2D eigenvalue weighted by Gasteiger charge is -2.35. The highest BCUT2D eigenvalue weighted by Gasteiger charge is 2.44. The third kappa shape index (κ3) is 16.0. The van der Waals surface area contributed by atoms with Crippen LogP contribution in [0, 0.1) is 35.0 Å². The number of carbonyl (C=O) groups excluding carboxylic acids is 4. The van der Waals surface area contributed by atoms with Crippen LogP contribution in [0.25, 0.3) is 0 Å². The lowest BCUT2D eigenvalue weighted by atomic mass is 9.85. The number of amides is 4. The summed E-state index contributed by atoms with van der Waals surface area (Å²) in [5, 5.41) is 9.17. The van der Waals surface area contributed by atoms with Crippen molar-refractivity contribution < 1.29 is 19.2 Å². The number of nitrogens with zero attached hydrogens (tertiary/aromatic N) is 1. The van der Waals surface area contributed by atoms with E-state index in [0.717, 1.165) is 50.0 Å². The smallest absolute Gasteiger partial charge is 0.246 e. The summed E-state index contributed by atoms with van der Waals surface area (Å²) < 4.78 is 0. The Kier molecular flexibility index (Phi) is 20.0. The molecule has 1 aliphatic carbocycles. The van der Waals surface area contributed by atoms with E-state index in [2.05, 4.69) is 63.7 Å². The van der Waals surface area contributed by atoms with Gasteiger partial charge in [-0.05, 0) is 73.5 Å². The lowest BCUT2D eigenvalue weighted by molar-refractivity contribution is -0.143. The molecule has 1 saturated carbocycles. The van der Waals surface area contributed by atoms with Gasteiger partial charge in [-0.2, -0.15) is 0 Å². The first kappa shape index (κ1) is 45.2. The minimum absolute atomic E-state index is 0. The van der Waals surface area contributed by atoms with Crippen LogP contribution < -0.4 is 21.7 Å². The molecule has 4 amide bonds. The predicted molar refractivity (Wildman–Crippen MR) is 200 cm³/mol. The zero-order valence-corrected chi connectivity index (χ0v) is 31.5. The molecule has 0 bridgehead atoms. The van der Waals surface area contributed by atoms with E-state index >= 15 is 0 Å². The molecule has 0 aromatic rings. The molecule has 9 heteroatoms. The van der Waals surface area contributed by atoms with Gasteiger partial charge in [0.2, 0.25) is 23.6 Å². The van der Waals surface area contributed by atoms with E-state index in [4.69, 9.17) is 5.73 Å². The van der Waals surface area contributed by atoms with Gasteiger partial charge in [-0.1, -0.05) is 102 Å². The van der Waals surface area contributed by atoms with E-state index in [1.54, 1.807) is 4.90 Å². The Bertz CT molecular complexity index is 1060. The fourth-order valence-electron chi connectivity index (χ4n) is 5.90. The summed E-state index contributed by atoms with van der Waals surface area (Å²) >= 11 is 0. The molecule has 1 heterocycles. The van der Waals surface area contributed by atoms with Gasteiger partial charge in [-0.3, -0.25) is 19.2 Å². The summed E-state index contributed by atoms with van der Waals surface area (Å²) in [5.74, 6) is 1.50. The van der Waals surface area contributed by atoms with Crippen molar-refractivity contribution in [1.82, 2.24) is 20.9 Å². The number of rotatable bonds is 18. The van der Waals surface area contributed by atoms with Crippen molar-refractivity contribution in [3.63, 3.8) is 0 Å². The summed E-state index contributed by atoms with van der Waals surface area (Å²) in [6.07, 6.45) is 9.12. The molecular weight excluding hydrogens is 602 g/mol. The van der Waals surface area contributed by atoms with E-state index in [1.807, 2.05) is 27.7 Å². The summed E-state index contributed by atoms with van der Waals surface area (Å²) in [6.45, 7) is 29.6. The van der Waals surface area contributed by atoms with Gasteiger partial charge in [-0.25, -0.2) is 0 Å². The average molecular weight is 676 g/mol. The third-order valence-electron chi connectivity index (χ3n) is 9.86. The van der Waals surface area contributed by atoms with Gasteiger partial charge in [0.15, 0.2) is 0 Å². The lowest BCUT2D eigenvalue weighted by Crippen LogP contribution is -2.58. The molecule has 6 atom stereocenters. The molecule has 0 aromatic carbocycles. The van der Waals surface area contributed by atoms with Crippen LogP contribution >= 0.6 is 0 Å². The maximum Gasteiger partial charge on any atom is 0.246 e. The van der Waals surface area contributed by atoms with Crippen molar-refractivity contribution in [3.8, 4) is 0 Å². The molecule has 48 heavy (non-hydrogen) atoms. The molecule has 5 N–H and O–H groups in total. The van der Waals surface area contributed by atoms with Gasteiger partial charge in [0, 0.05) is 31.3 Å². The zero-order valence-electron chi connectivity index (χ0n) is 31.5. The number of hydrogen-bond donors (Lipinski definition) is 4. The maximum atomic E-state index is 13.5. The number of primary amides is 1. The van der Waals surface area contributed by atoms with E-state index in [1.165, 1.54) is 31.9 Å². The fraction of sp³-hybridized carbons (Fsp3) is 0.795. The summed E-state index contributed by atoms with van der Waals surface area (Å²) in [7, 11) is 0. The maximum absolute atomic E-state index is 13.5.